The molecule has 1 N–H and O–H groups in total. The molecule has 25 heavy (non-hydrogen) atoms. The van der Waals surface area contributed by atoms with Gasteiger partial charge in [0, 0.05) is 33.2 Å². The van der Waals surface area contributed by atoms with Crippen LogP contribution in [0.5, 0.6) is 0 Å². The van der Waals surface area contributed by atoms with E-state index in [1.165, 1.54) is 0 Å². The quantitative estimate of drug-likeness (QED) is 0.791. The Morgan fingerprint density at radius 2 is 1.68 bits per heavy atom. The molecule has 124 valence electrons. The number of carbonyl (C=O) groups excluding carboxylic acids is 1. The number of nitrogens with one attached hydrogen (secondary N) is 1. The second-order valence-electron chi connectivity index (χ2n) is 6.45. The zero-order chi connectivity index (χ0) is 17.6. The molecule has 2 nitrogen and oxygen atoms in total. The molecule has 2 aromatic rings. The van der Waals surface area contributed by atoms with Crippen LogP contribution >= 0.6 is 12.2 Å². The van der Waals surface area contributed by atoms with Crippen molar-refractivity contribution in [3.63, 3.8) is 0 Å². The lowest BCUT2D eigenvalue weighted by molar-refractivity contribution is 0.103. The lowest BCUT2D eigenvalue weighted by Crippen LogP contribution is -2.27. The largest absolute Gasteiger partial charge is 0.358 e. The van der Waals surface area contributed by atoms with Crippen LogP contribution in [0.1, 0.15) is 47.7 Å². The number of rotatable bonds is 3. The molecule has 1 aliphatic heterocycles. The van der Waals surface area contributed by atoms with Crippen molar-refractivity contribution in [3.8, 4) is 0 Å². The molecule has 0 bridgehead atoms. The highest BCUT2D eigenvalue weighted by atomic mass is 32.1. The van der Waals surface area contributed by atoms with E-state index >= 15 is 0 Å². The first-order chi connectivity index (χ1) is 12.1. The van der Waals surface area contributed by atoms with E-state index in [9.17, 15) is 4.79 Å². The van der Waals surface area contributed by atoms with E-state index in [4.69, 9.17) is 12.2 Å². The van der Waals surface area contributed by atoms with Gasteiger partial charge in [0.1, 0.15) is 0 Å². The lowest BCUT2D eigenvalue weighted by Gasteiger charge is -2.30. The fourth-order valence-electron chi connectivity index (χ4n) is 3.87. The van der Waals surface area contributed by atoms with Crippen molar-refractivity contribution in [2.75, 3.05) is 0 Å². The van der Waals surface area contributed by atoms with Crippen LogP contribution in [0.2, 0.25) is 0 Å². The monoisotopic (exact) mass is 345 g/mol. The molecule has 0 fully saturated rings. The molecule has 0 saturated heterocycles. The van der Waals surface area contributed by atoms with Gasteiger partial charge in [0.15, 0.2) is 5.78 Å². The fourth-order valence-corrected chi connectivity index (χ4v) is 4.14. The summed E-state index contributed by atoms with van der Waals surface area (Å²) in [5, 5.41) is 3.48. The Morgan fingerprint density at radius 1 is 1.04 bits per heavy atom. The number of carbonyl (C=O) groups is 1. The summed E-state index contributed by atoms with van der Waals surface area (Å²) in [5.41, 5.74) is 6.76. The number of benzene rings is 2. The molecule has 0 radical (unpaired) electrons. The van der Waals surface area contributed by atoms with Gasteiger partial charge >= 0.3 is 0 Å². The number of ketones is 1. The number of dihydropyridines is 1. The average molecular weight is 345 g/mol. The summed E-state index contributed by atoms with van der Waals surface area (Å²) in [4.78, 5) is 14.1. The Hall–Kier alpha value is -2.52. The SMILES string of the molecule is CCC(=S)C1=C(C)NC2=C(C(=O)c3ccccc32)C1c1ccccc1. The first kappa shape index (κ1) is 16.0. The highest BCUT2D eigenvalue weighted by molar-refractivity contribution is 7.80. The summed E-state index contributed by atoms with van der Waals surface area (Å²) in [6.07, 6.45) is 0.788. The van der Waals surface area contributed by atoms with Crippen LogP contribution in [0.4, 0.5) is 0 Å². The van der Waals surface area contributed by atoms with Crippen LogP contribution in [0.15, 0.2) is 71.4 Å². The predicted molar refractivity (Wildman–Crippen MR) is 106 cm³/mol. The maximum atomic E-state index is 13.2. The van der Waals surface area contributed by atoms with Crippen LogP contribution in [-0.2, 0) is 0 Å². The Labute approximate surface area is 153 Å². The van der Waals surface area contributed by atoms with E-state index < -0.39 is 0 Å². The van der Waals surface area contributed by atoms with Gasteiger partial charge < -0.3 is 5.32 Å². The van der Waals surface area contributed by atoms with E-state index in [0.717, 1.165) is 50.5 Å². The second-order valence-corrected chi connectivity index (χ2v) is 6.94. The lowest BCUT2D eigenvalue weighted by atomic mass is 9.78. The molecule has 3 heteroatoms. The van der Waals surface area contributed by atoms with Gasteiger partial charge in [-0.1, -0.05) is 73.7 Å². The van der Waals surface area contributed by atoms with E-state index in [2.05, 4.69) is 31.3 Å². The molecule has 0 spiro atoms. The summed E-state index contributed by atoms with van der Waals surface area (Å²) in [7, 11) is 0. The Kier molecular flexibility index (Phi) is 3.89. The molecule has 0 saturated carbocycles. The average Bonchev–Trinajstić information content (AvgIpc) is 2.93. The summed E-state index contributed by atoms with van der Waals surface area (Å²) in [6, 6.07) is 18.0. The van der Waals surface area contributed by atoms with Crippen LogP contribution in [0, 0.1) is 0 Å². The van der Waals surface area contributed by atoms with E-state index in [1.54, 1.807) is 0 Å². The van der Waals surface area contributed by atoms with Gasteiger partial charge in [0.25, 0.3) is 0 Å². The third kappa shape index (κ3) is 2.38. The highest BCUT2D eigenvalue weighted by Gasteiger charge is 2.40. The normalized spacial score (nSPS) is 18.8. The zero-order valence-corrected chi connectivity index (χ0v) is 15.1. The maximum Gasteiger partial charge on any atom is 0.192 e. The van der Waals surface area contributed by atoms with Crippen LogP contribution < -0.4 is 5.32 Å². The van der Waals surface area contributed by atoms with Crippen molar-refractivity contribution in [1.82, 2.24) is 5.32 Å². The molecule has 2 aliphatic rings. The zero-order valence-electron chi connectivity index (χ0n) is 14.3. The van der Waals surface area contributed by atoms with Crippen molar-refractivity contribution < 1.29 is 4.79 Å². The molecule has 1 heterocycles. The summed E-state index contributed by atoms with van der Waals surface area (Å²) >= 11 is 5.68. The number of thiocarbonyl (C=S) groups is 1. The summed E-state index contributed by atoms with van der Waals surface area (Å²) < 4.78 is 0. The smallest absolute Gasteiger partial charge is 0.192 e. The van der Waals surface area contributed by atoms with Gasteiger partial charge in [0.2, 0.25) is 0 Å². The molecular weight excluding hydrogens is 326 g/mol. The molecule has 4 rings (SSSR count). The van der Waals surface area contributed by atoms with E-state index in [-0.39, 0.29) is 11.7 Å². The third-order valence-electron chi connectivity index (χ3n) is 5.00. The summed E-state index contributed by atoms with van der Waals surface area (Å²) in [6.45, 7) is 4.13. The van der Waals surface area contributed by atoms with Gasteiger partial charge in [-0.15, -0.1) is 0 Å². The first-order valence-corrected chi connectivity index (χ1v) is 8.98. The van der Waals surface area contributed by atoms with Gasteiger partial charge in [-0.3, -0.25) is 4.79 Å². The van der Waals surface area contributed by atoms with Crippen LogP contribution in [0.3, 0.4) is 0 Å². The molecule has 1 atom stereocenters. The van der Waals surface area contributed by atoms with E-state index in [1.807, 2.05) is 42.5 Å². The number of hydrogen-bond acceptors (Lipinski definition) is 3. The molecule has 1 unspecified atom stereocenters. The molecule has 2 aromatic carbocycles. The Morgan fingerprint density at radius 3 is 2.36 bits per heavy atom. The topological polar surface area (TPSA) is 29.1 Å². The van der Waals surface area contributed by atoms with Gasteiger partial charge in [-0.25, -0.2) is 0 Å². The minimum atomic E-state index is -0.107. The van der Waals surface area contributed by atoms with Crippen LogP contribution in [-0.4, -0.2) is 10.6 Å². The van der Waals surface area contributed by atoms with Crippen molar-refractivity contribution >= 4 is 28.6 Å². The van der Waals surface area contributed by atoms with Crippen molar-refractivity contribution in [2.45, 2.75) is 26.2 Å². The third-order valence-corrected chi connectivity index (χ3v) is 5.51. The van der Waals surface area contributed by atoms with Crippen LogP contribution in [0.25, 0.3) is 5.70 Å². The van der Waals surface area contributed by atoms with E-state index in [0.29, 0.717) is 0 Å². The minimum absolute atomic E-state index is 0.107. The molecule has 0 amide bonds. The Balaban J connectivity index is 1.96. The van der Waals surface area contributed by atoms with Crippen molar-refractivity contribution in [1.29, 1.82) is 0 Å². The van der Waals surface area contributed by atoms with Crippen molar-refractivity contribution in [2.24, 2.45) is 0 Å². The van der Waals surface area contributed by atoms with Gasteiger partial charge in [0.05, 0.1) is 5.70 Å². The standard InChI is InChI=1S/C22H19NOS/c1-3-17(25)18-13(2)23-21-15-11-7-8-12-16(15)22(24)20(21)19(18)14-9-5-4-6-10-14/h4-12,19,23H,3H2,1-2H3. The number of hydrogen-bond donors (Lipinski definition) is 1. The highest BCUT2D eigenvalue weighted by Crippen LogP contribution is 2.46. The van der Waals surface area contributed by atoms with Crippen molar-refractivity contribution in [3.05, 3.63) is 88.1 Å². The predicted octanol–water partition coefficient (Wildman–Crippen LogP) is 5.03. The summed E-state index contributed by atoms with van der Waals surface area (Å²) in [5.74, 6) is 0.000608. The fraction of sp³-hybridized carbons (Fsp3) is 0.182. The van der Waals surface area contributed by atoms with Gasteiger partial charge in [-0.2, -0.15) is 0 Å². The number of fused-ring (bicyclic) bond motifs is 2. The molecule has 1 aliphatic carbocycles. The second kappa shape index (κ2) is 6.08. The number of Topliss-reactive ketones (excluding diaryl/α,β-unsaturated/α-hetero) is 1. The first-order valence-electron chi connectivity index (χ1n) is 8.57. The van der Waals surface area contributed by atoms with Gasteiger partial charge in [-0.05, 0) is 24.5 Å². The molecule has 0 aromatic heterocycles. The maximum absolute atomic E-state index is 13.2. The Bertz CT molecular complexity index is 953. The molecular formula is C22H19NOS. The minimum Gasteiger partial charge on any atom is -0.358 e. The number of allylic oxidation sites excluding steroid dienone is 3.